The van der Waals surface area contributed by atoms with Gasteiger partial charge in [-0.2, -0.15) is 0 Å². The number of hydrogen-bond donors (Lipinski definition) is 3. The number of carbonyl (C=O) groups excluding carboxylic acids is 2. The monoisotopic (exact) mass is 495 g/mol. The van der Waals surface area contributed by atoms with Crippen molar-refractivity contribution in [1.82, 2.24) is 15.5 Å². The minimum atomic E-state index is -1.10. The van der Waals surface area contributed by atoms with E-state index >= 15 is 0 Å². The van der Waals surface area contributed by atoms with Crippen molar-refractivity contribution in [3.8, 4) is 5.75 Å². The van der Waals surface area contributed by atoms with Crippen LogP contribution in [0.3, 0.4) is 0 Å². The third kappa shape index (κ3) is 6.54. The number of nitrogens with zero attached hydrogens (tertiary/aromatic N) is 1. The molecule has 4 rings (SSSR count). The van der Waals surface area contributed by atoms with Gasteiger partial charge in [0.1, 0.15) is 17.6 Å². The average Bonchev–Trinajstić information content (AvgIpc) is 3.36. The molecule has 0 unspecified atom stereocenters. The molecule has 0 bridgehead atoms. The highest BCUT2D eigenvalue weighted by Crippen LogP contribution is 2.35. The average molecular weight is 496 g/mol. The van der Waals surface area contributed by atoms with Crippen LogP contribution in [0.25, 0.3) is 0 Å². The number of nitrogens with one attached hydrogen (secondary N) is 2. The zero-order valence-electron chi connectivity index (χ0n) is 20.2. The number of fused-ring (bicyclic) bond motifs is 1. The molecule has 3 N–H and O–H groups in total. The molecule has 36 heavy (non-hydrogen) atoms. The second-order valence-corrected chi connectivity index (χ2v) is 8.97. The van der Waals surface area contributed by atoms with Crippen LogP contribution >= 0.6 is 0 Å². The van der Waals surface area contributed by atoms with Gasteiger partial charge in [-0.3, -0.25) is 9.59 Å². The van der Waals surface area contributed by atoms with Crippen LogP contribution in [-0.4, -0.2) is 53.0 Å². The van der Waals surface area contributed by atoms with Crippen LogP contribution in [0.4, 0.5) is 4.79 Å². The molecule has 2 aromatic carbocycles. The maximum Gasteiger partial charge on any atom is 0.404 e. The first-order valence-corrected chi connectivity index (χ1v) is 11.6. The molecule has 0 aliphatic carbocycles. The fourth-order valence-corrected chi connectivity index (χ4v) is 3.91. The van der Waals surface area contributed by atoms with Crippen molar-refractivity contribution in [1.29, 1.82) is 0 Å². The van der Waals surface area contributed by atoms with E-state index in [1.54, 1.807) is 47.5 Å². The molecule has 1 fully saturated rings. The highest BCUT2D eigenvalue weighted by Gasteiger charge is 2.43. The molecule has 10 heteroatoms. The normalized spacial score (nSPS) is 17.6. The summed E-state index contributed by atoms with van der Waals surface area (Å²) >= 11 is 0. The van der Waals surface area contributed by atoms with Crippen molar-refractivity contribution in [2.75, 3.05) is 13.2 Å². The number of rotatable bonds is 9. The lowest BCUT2D eigenvalue weighted by Gasteiger charge is -2.20. The van der Waals surface area contributed by atoms with Crippen LogP contribution in [0, 0.1) is 0 Å². The van der Waals surface area contributed by atoms with Crippen LogP contribution in [0.2, 0.25) is 0 Å². The van der Waals surface area contributed by atoms with Gasteiger partial charge in [0.25, 0.3) is 5.91 Å². The van der Waals surface area contributed by atoms with Gasteiger partial charge in [0.05, 0.1) is 19.6 Å². The van der Waals surface area contributed by atoms with E-state index in [-0.39, 0.29) is 37.5 Å². The van der Waals surface area contributed by atoms with Gasteiger partial charge < -0.3 is 34.9 Å². The Bertz CT molecular complexity index is 1140. The molecular weight excluding hydrogens is 466 g/mol. The number of hydrogen-bond acceptors (Lipinski definition) is 6. The van der Waals surface area contributed by atoms with Crippen molar-refractivity contribution in [3.63, 3.8) is 0 Å². The summed E-state index contributed by atoms with van der Waals surface area (Å²) in [6.45, 7) is 4.89. The summed E-state index contributed by atoms with van der Waals surface area (Å²) in [4.78, 5) is 37.0. The maximum absolute atomic E-state index is 12.4. The quantitative estimate of drug-likeness (QED) is 0.488. The lowest BCUT2D eigenvalue weighted by molar-refractivity contribution is -0.144. The number of amides is 3. The highest BCUT2D eigenvalue weighted by molar-refractivity contribution is 5.94. The third-order valence-electron chi connectivity index (χ3n) is 5.69. The molecular formula is C26H29N3O7. The largest absolute Gasteiger partial charge is 0.493 e. The standard InChI is InChI=1S/C26H29N3O7/c1-26(2)35-21-15-29(16-22(21)36-26)23(30)11-12-34-20-9-5-18(6-10-20)13-27-24(31)19-7-3-17(4-8-19)14-28-25(32)33/h3-10,15,22,28H,11-14,16H2,1-2H3,(H,27,31)(H,32,33)/t22-/m1/s1. The summed E-state index contributed by atoms with van der Waals surface area (Å²) < 4.78 is 17.1. The van der Waals surface area contributed by atoms with Gasteiger partial charge in [-0.05, 0) is 35.4 Å². The Hall–Kier alpha value is -4.05. The summed E-state index contributed by atoms with van der Waals surface area (Å²) in [6, 6.07) is 14.0. The molecule has 1 saturated heterocycles. The van der Waals surface area contributed by atoms with E-state index in [9.17, 15) is 14.4 Å². The lowest BCUT2D eigenvalue weighted by Crippen LogP contribution is -2.32. The van der Waals surface area contributed by atoms with Gasteiger partial charge in [0, 0.05) is 38.7 Å². The van der Waals surface area contributed by atoms with Gasteiger partial charge in [0.2, 0.25) is 11.7 Å². The molecule has 2 heterocycles. The summed E-state index contributed by atoms with van der Waals surface area (Å²) in [5.74, 6) is 0.368. The van der Waals surface area contributed by atoms with Crippen LogP contribution < -0.4 is 15.4 Å². The maximum atomic E-state index is 12.4. The van der Waals surface area contributed by atoms with Gasteiger partial charge in [0.15, 0.2) is 0 Å². The van der Waals surface area contributed by atoms with Crippen molar-refractivity contribution >= 4 is 17.9 Å². The smallest absolute Gasteiger partial charge is 0.404 e. The summed E-state index contributed by atoms with van der Waals surface area (Å²) in [5, 5.41) is 13.8. The molecule has 3 amide bonds. The molecule has 1 atom stereocenters. The van der Waals surface area contributed by atoms with Crippen LogP contribution in [0.5, 0.6) is 5.75 Å². The Kier molecular flexibility index (Phi) is 7.44. The number of ether oxygens (including phenoxy) is 3. The molecule has 2 aliphatic rings. The molecule has 0 aromatic heterocycles. The second-order valence-electron chi connectivity index (χ2n) is 8.97. The van der Waals surface area contributed by atoms with Crippen molar-refractivity contribution in [2.45, 2.75) is 45.2 Å². The predicted molar refractivity (Wildman–Crippen MR) is 129 cm³/mol. The summed E-state index contributed by atoms with van der Waals surface area (Å²) in [5.41, 5.74) is 2.14. The SMILES string of the molecule is CC1(C)OC2=CN(C(=O)CCOc3ccc(CNC(=O)c4ccc(CNC(=O)O)cc4)cc3)C[C@H]2O1. The zero-order valence-corrected chi connectivity index (χ0v) is 20.2. The van der Waals surface area contributed by atoms with Gasteiger partial charge in [-0.1, -0.05) is 24.3 Å². The number of carbonyl (C=O) groups is 3. The van der Waals surface area contributed by atoms with Crippen LogP contribution in [0.1, 0.15) is 41.8 Å². The molecule has 190 valence electrons. The summed E-state index contributed by atoms with van der Waals surface area (Å²) in [6.07, 6.45) is 0.621. The lowest BCUT2D eigenvalue weighted by atomic mass is 10.1. The van der Waals surface area contributed by atoms with Gasteiger partial charge in [-0.25, -0.2) is 4.79 Å². The molecule has 10 nitrogen and oxygen atoms in total. The van der Waals surface area contributed by atoms with E-state index in [4.69, 9.17) is 19.3 Å². The predicted octanol–water partition coefficient (Wildman–Crippen LogP) is 2.99. The van der Waals surface area contributed by atoms with Crippen LogP contribution in [-0.2, 0) is 27.4 Å². The second kappa shape index (κ2) is 10.7. The van der Waals surface area contributed by atoms with Gasteiger partial charge in [-0.15, -0.1) is 0 Å². The fourth-order valence-electron chi connectivity index (χ4n) is 3.91. The number of benzene rings is 2. The minimum Gasteiger partial charge on any atom is -0.493 e. The Labute approximate surface area is 208 Å². The van der Waals surface area contributed by atoms with E-state index in [1.807, 2.05) is 26.0 Å². The fraction of sp³-hybridized carbons (Fsp3) is 0.346. The van der Waals surface area contributed by atoms with Gasteiger partial charge >= 0.3 is 6.09 Å². The first kappa shape index (κ1) is 25.1. The molecule has 0 spiro atoms. The first-order valence-electron chi connectivity index (χ1n) is 11.6. The Morgan fingerprint density at radius 3 is 2.31 bits per heavy atom. The van der Waals surface area contributed by atoms with Crippen molar-refractivity contribution in [3.05, 3.63) is 77.2 Å². The first-order chi connectivity index (χ1) is 17.2. The topological polar surface area (TPSA) is 126 Å². The third-order valence-corrected chi connectivity index (χ3v) is 5.69. The number of carboxylic acid groups (broad SMARTS) is 1. The molecule has 0 radical (unpaired) electrons. The molecule has 2 aliphatic heterocycles. The Balaban J connectivity index is 1.17. The zero-order chi connectivity index (χ0) is 25.7. The molecule has 0 saturated carbocycles. The van der Waals surface area contributed by atoms with E-state index in [2.05, 4.69) is 10.6 Å². The minimum absolute atomic E-state index is 0.0626. The van der Waals surface area contributed by atoms with E-state index in [0.717, 1.165) is 11.1 Å². The Morgan fingerprint density at radius 1 is 1.03 bits per heavy atom. The Morgan fingerprint density at radius 2 is 1.67 bits per heavy atom. The molecule has 2 aromatic rings. The van der Waals surface area contributed by atoms with Crippen LogP contribution in [0.15, 0.2) is 60.5 Å². The van der Waals surface area contributed by atoms with E-state index in [0.29, 0.717) is 30.2 Å². The summed E-state index contributed by atoms with van der Waals surface area (Å²) in [7, 11) is 0. The van der Waals surface area contributed by atoms with Crippen molar-refractivity contribution < 1.29 is 33.7 Å². The van der Waals surface area contributed by atoms with E-state index < -0.39 is 11.9 Å². The highest BCUT2D eigenvalue weighted by atomic mass is 16.7. The van der Waals surface area contributed by atoms with E-state index in [1.165, 1.54) is 0 Å². The van der Waals surface area contributed by atoms with Crippen molar-refractivity contribution in [2.24, 2.45) is 0 Å².